The van der Waals surface area contributed by atoms with Crippen LogP contribution in [0.3, 0.4) is 0 Å². The van der Waals surface area contributed by atoms with Crippen molar-refractivity contribution in [3.8, 4) is 0 Å². The van der Waals surface area contributed by atoms with Gasteiger partial charge in [-0.25, -0.2) is 0 Å². The third-order valence-corrected chi connectivity index (χ3v) is 3.08. The van der Waals surface area contributed by atoms with Crippen LogP contribution in [0.4, 0.5) is 0 Å². The van der Waals surface area contributed by atoms with Crippen molar-refractivity contribution in [2.24, 2.45) is 11.3 Å². The van der Waals surface area contributed by atoms with E-state index in [-0.39, 0.29) is 19.4 Å². The molecule has 0 saturated carbocycles. The van der Waals surface area contributed by atoms with Gasteiger partial charge in [-0.15, -0.1) is 0 Å². The van der Waals surface area contributed by atoms with E-state index in [1.165, 1.54) is 0 Å². The van der Waals surface area contributed by atoms with Crippen LogP contribution in [0.1, 0.15) is 52.9 Å². The van der Waals surface area contributed by atoms with Crippen molar-refractivity contribution in [1.82, 2.24) is 0 Å². The summed E-state index contributed by atoms with van der Waals surface area (Å²) in [6.07, 6.45) is 2.22. The largest absolute Gasteiger partial charge is 0.481 e. The molecular weight excluding hydrogens is 264 g/mol. The van der Waals surface area contributed by atoms with Crippen LogP contribution < -0.4 is 0 Å². The van der Waals surface area contributed by atoms with Gasteiger partial charge < -0.3 is 14.9 Å². The highest BCUT2D eigenvalue weighted by molar-refractivity contribution is 5.76. The molecule has 0 fully saturated rings. The fraction of sp³-hybridized carbons (Fsp3) is 0.786. The molecule has 6 nitrogen and oxygen atoms in total. The van der Waals surface area contributed by atoms with Crippen LogP contribution in [0.25, 0.3) is 0 Å². The van der Waals surface area contributed by atoms with E-state index in [2.05, 4.69) is 0 Å². The molecule has 0 bridgehead atoms. The predicted molar refractivity (Wildman–Crippen MR) is 72.3 cm³/mol. The topological polar surface area (TPSA) is 101 Å². The zero-order valence-corrected chi connectivity index (χ0v) is 12.3. The second-order valence-corrected chi connectivity index (χ2v) is 5.67. The molecule has 0 rings (SSSR count). The molecule has 0 spiro atoms. The molecule has 1 atom stereocenters. The van der Waals surface area contributed by atoms with Gasteiger partial charge in [0.05, 0.1) is 17.9 Å². The monoisotopic (exact) mass is 288 g/mol. The highest BCUT2D eigenvalue weighted by Gasteiger charge is 2.32. The van der Waals surface area contributed by atoms with E-state index in [0.717, 1.165) is 0 Å². The van der Waals surface area contributed by atoms with E-state index >= 15 is 0 Å². The first kappa shape index (κ1) is 18.4. The van der Waals surface area contributed by atoms with Crippen LogP contribution in [-0.4, -0.2) is 34.7 Å². The molecule has 1 unspecified atom stereocenters. The first-order valence-corrected chi connectivity index (χ1v) is 6.78. The van der Waals surface area contributed by atoms with E-state index in [0.29, 0.717) is 19.3 Å². The van der Waals surface area contributed by atoms with Crippen LogP contribution in [0.2, 0.25) is 0 Å². The van der Waals surface area contributed by atoms with Crippen LogP contribution >= 0.6 is 0 Å². The molecular formula is C14H24O6. The Balaban J connectivity index is 3.87. The molecule has 0 radical (unpaired) electrons. The third-order valence-electron chi connectivity index (χ3n) is 3.08. The number of carboxylic acids is 2. The Bertz CT molecular complexity index is 348. The molecule has 0 saturated heterocycles. The summed E-state index contributed by atoms with van der Waals surface area (Å²) in [7, 11) is 0. The second-order valence-electron chi connectivity index (χ2n) is 5.67. The van der Waals surface area contributed by atoms with Gasteiger partial charge in [0, 0.05) is 6.42 Å². The molecule has 0 heterocycles. The summed E-state index contributed by atoms with van der Waals surface area (Å²) in [5.41, 5.74) is -0.958. The number of hydrogen-bond donors (Lipinski definition) is 2. The van der Waals surface area contributed by atoms with Gasteiger partial charge in [0.15, 0.2) is 0 Å². The van der Waals surface area contributed by atoms with Gasteiger partial charge in [-0.2, -0.15) is 0 Å². The minimum absolute atomic E-state index is 0.122. The number of aliphatic carboxylic acids is 2. The van der Waals surface area contributed by atoms with E-state index in [9.17, 15) is 14.4 Å². The fourth-order valence-corrected chi connectivity index (χ4v) is 1.81. The average Bonchev–Trinajstić information content (AvgIpc) is 2.32. The van der Waals surface area contributed by atoms with E-state index in [4.69, 9.17) is 14.9 Å². The van der Waals surface area contributed by atoms with Crippen molar-refractivity contribution in [2.75, 3.05) is 6.61 Å². The minimum atomic E-state index is -0.958. The van der Waals surface area contributed by atoms with Gasteiger partial charge >= 0.3 is 17.9 Å². The molecule has 0 aliphatic rings. The number of ether oxygens (including phenoxy) is 1. The van der Waals surface area contributed by atoms with E-state index in [1.54, 1.807) is 20.8 Å². The lowest BCUT2D eigenvalue weighted by atomic mass is 9.83. The number of carboxylic acid groups (broad SMARTS) is 2. The lowest BCUT2D eigenvalue weighted by Crippen LogP contribution is -2.29. The standard InChI is InChI=1S/C14H24O6/c1-10(9-14(2,3)13(18)19)12(17)20-8-6-4-5-7-11(15)16/h10H,4-9H2,1-3H3,(H,15,16)(H,18,19). The van der Waals surface area contributed by atoms with Gasteiger partial charge in [0.25, 0.3) is 0 Å². The summed E-state index contributed by atoms with van der Waals surface area (Å²) < 4.78 is 5.06. The smallest absolute Gasteiger partial charge is 0.309 e. The van der Waals surface area contributed by atoms with Gasteiger partial charge in [0.2, 0.25) is 0 Å². The summed E-state index contributed by atoms with van der Waals surface area (Å²) in [4.78, 5) is 32.9. The molecule has 6 heteroatoms. The van der Waals surface area contributed by atoms with Gasteiger partial charge in [-0.1, -0.05) is 6.92 Å². The van der Waals surface area contributed by atoms with Crippen LogP contribution in [0.15, 0.2) is 0 Å². The number of esters is 1. The van der Waals surface area contributed by atoms with Gasteiger partial charge in [-0.3, -0.25) is 14.4 Å². The molecule has 0 amide bonds. The van der Waals surface area contributed by atoms with Crippen molar-refractivity contribution < 1.29 is 29.3 Å². The maximum atomic E-state index is 11.7. The molecule has 20 heavy (non-hydrogen) atoms. The Morgan fingerprint density at radius 3 is 2.20 bits per heavy atom. The molecule has 2 N–H and O–H groups in total. The first-order valence-electron chi connectivity index (χ1n) is 6.78. The summed E-state index contributed by atoms with van der Waals surface area (Å²) >= 11 is 0. The first-order chi connectivity index (χ1) is 9.16. The highest BCUT2D eigenvalue weighted by atomic mass is 16.5. The fourth-order valence-electron chi connectivity index (χ4n) is 1.81. The van der Waals surface area contributed by atoms with E-state index in [1.807, 2.05) is 0 Å². The summed E-state index contributed by atoms with van der Waals surface area (Å²) in [5.74, 6) is -2.64. The van der Waals surface area contributed by atoms with Crippen LogP contribution in [0.5, 0.6) is 0 Å². The average molecular weight is 288 g/mol. The number of unbranched alkanes of at least 4 members (excludes halogenated alkanes) is 2. The van der Waals surface area contributed by atoms with E-state index < -0.39 is 29.2 Å². The van der Waals surface area contributed by atoms with Crippen molar-refractivity contribution >= 4 is 17.9 Å². The Morgan fingerprint density at radius 1 is 1.10 bits per heavy atom. The maximum Gasteiger partial charge on any atom is 0.309 e. The Morgan fingerprint density at radius 2 is 1.70 bits per heavy atom. The second kappa shape index (κ2) is 8.55. The lowest BCUT2D eigenvalue weighted by Gasteiger charge is -2.22. The van der Waals surface area contributed by atoms with Crippen LogP contribution in [-0.2, 0) is 19.1 Å². The summed E-state index contributed by atoms with van der Waals surface area (Å²) in [6.45, 7) is 5.05. The van der Waals surface area contributed by atoms with Crippen LogP contribution in [0, 0.1) is 11.3 Å². The quantitative estimate of drug-likeness (QED) is 0.472. The number of carbonyl (C=O) groups is 3. The van der Waals surface area contributed by atoms with Gasteiger partial charge in [-0.05, 0) is 39.5 Å². The zero-order chi connectivity index (χ0) is 15.8. The Hall–Kier alpha value is -1.59. The minimum Gasteiger partial charge on any atom is -0.481 e. The number of hydrogen-bond acceptors (Lipinski definition) is 4. The van der Waals surface area contributed by atoms with Crippen molar-refractivity contribution in [1.29, 1.82) is 0 Å². The number of carbonyl (C=O) groups excluding carboxylic acids is 1. The molecule has 0 aromatic rings. The molecule has 0 aliphatic heterocycles. The normalized spacial score (nSPS) is 12.8. The highest BCUT2D eigenvalue weighted by Crippen LogP contribution is 2.26. The molecule has 0 aromatic heterocycles. The van der Waals surface area contributed by atoms with Gasteiger partial charge in [0.1, 0.15) is 0 Å². The Labute approximate surface area is 119 Å². The molecule has 116 valence electrons. The van der Waals surface area contributed by atoms with Crippen molar-refractivity contribution in [3.63, 3.8) is 0 Å². The van der Waals surface area contributed by atoms with Crippen molar-refractivity contribution in [3.05, 3.63) is 0 Å². The Kier molecular flexibility index (Phi) is 7.87. The SMILES string of the molecule is CC(CC(C)(C)C(=O)O)C(=O)OCCCCCC(=O)O. The zero-order valence-electron chi connectivity index (χ0n) is 12.3. The maximum absolute atomic E-state index is 11.7. The lowest BCUT2D eigenvalue weighted by molar-refractivity contribution is -0.153. The molecule has 0 aromatic carbocycles. The number of rotatable bonds is 10. The summed E-state index contributed by atoms with van der Waals surface area (Å²) in [5, 5.41) is 17.4. The molecule has 0 aliphatic carbocycles. The predicted octanol–water partition coefficient (Wildman–Crippen LogP) is 2.31. The summed E-state index contributed by atoms with van der Waals surface area (Å²) in [6, 6.07) is 0. The van der Waals surface area contributed by atoms with Crippen molar-refractivity contribution in [2.45, 2.75) is 52.9 Å². The third kappa shape index (κ3) is 7.76.